The van der Waals surface area contributed by atoms with Crippen molar-refractivity contribution >= 4 is 17.5 Å². The Hall–Kier alpha value is -1.85. The van der Waals surface area contributed by atoms with E-state index in [0.717, 1.165) is 43.1 Å². The SMILES string of the molecule is CC(=O)NC1CCN(c2nc(C(C)C)nc(N)c2C)CC1. The molecule has 1 aromatic rings. The van der Waals surface area contributed by atoms with Crippen LogP contribution in [0.1, 0.15) is 50.9 Å². The fourth-order valence-electron chi connectivity index (χ4n) is 2.63. The Morgan fingerprint density at radius 3 is 2.48 bits per heavy atom. The Morgan fingerprint density at radius 1 is 1.33 bits per heavy atom. The number of hydrogen-bond donors (Lipinski definition) is 2. The minimum absolute atomic E-state index is 0.0398. The zero-order valence-electron chi connectivity index (χ0n) is 13.3. The molecular weight excluding hydrogens is 266 g/mol. The number of anilines is 2. The molecule has 2 rings (SSSR count). The predicted octanol–water partition coefficient (Wildman–Crippen LogP) is 1.60. The van der Waals surface area contributed by atoms with Gasteiger partial charge in [0.25, 0.3) is 0 Å². The third kappa shape index (κ3) is 3.62. The van der Waals surface area contributed by atoms with E-state index in [9.17, 15) is 4.79 Å². The van der Waals surface area contributed by atoms with E-state index in [1.807, 2.05) is 6.92 Å². The molecule has 1 aromatic heterocycles. The molecule has 6 nitrogen and oxygen atoms in total. The first-order valence-corrected chi connectivity index (χ1v) is 7.54. The van der Waals surface area contributed by atoms with Crippen LogP contribution in [-0.2, 0) is 4.79 Å². The molecule has 116 valence electrons. The van der Waals surface area contributed by atoms with Crippen LogP contribution in [0.4, 0.5) is 11.6 Å². The zero-order valence-corrected chi connectivity index (χ0v) is 13.3. The summed E-state index contributed by atoms with van der Waals surface area (Å²) in [6, 6.07) is 0.266. The molecule has 2 heterocycles. The second-order valence-corrected chi connectivity index (χ2v) is 6.03. The number of nitrogens with zero attached hydrogens (tertiary/aromatic N) is 3. The third-order valence-corrected chi connectivity index (χ3v) is 3.89. The second kappa shape index (κ2) is 6.28. The number of nitrogens with one attached hydrogen (secondary N) is 1. The van der Waals surface area contributed by atoms with Crippen LogP contribution in [0.3, 0.4) is 0 Å². The summed E-state index contributed by atoms with van der Waals surface area (Å²) in [6.45, 7) is 9.42. The summed E-state index contributed by atoms with van der Waals surface area (Å²) in [5, 5.41) is 2.99. The van der Waals surface area contributed by atoms with Gasteiger partial charge in [0.1, 0.15) is 17.5 Å². The summed E-state index contributed by atoms with van der Waals surface area (Å²) in [4.78, 5) is 22.4. The third-order valence-electron chi connectivity index (χ3n) is 3.89. The number of aromatic nitrogens is 2. The minimum atomic E-state index is 0.0398. The van der Waals surface area contributed by atoms with E-state index < -0.39 is 0 Å². The van der Waals surface area contributed by atoms with Crippen LogP contribution in [0.5, 0.6) is 0 Å². The van der Waals surface area contributed by atoms with E-state index >= 15 is 0 Å². The molecule has 1 aliphatic rings. The number of nitrogen functional groups attached to an aromatic ring is 1. The summed E-state index contributed by atoms with van der Waals surface area (Å²) < 4.78 is 0. The predicted molar refractivity (Wildman–Crippen MR) is 84.3 cm³/mol. The van der Waals surface area contributed by atoms with Gasteiger partial charge in [-0.1, -0.05) is 13.8 Å². The quantitative estimate of drug-likeness (QED) is 0.883. The number of nitrogens with two attached hydrogens (primary N) is 1. The highest BCUT2D eigenvalue weighted by Gasteiger charge is 2.23. The average Bonchev–Trinajstić information content (AvgIpc) is 2.42. The number of carbonyl (C=O) groups excluding carboxylic acids is 1. The van der Waals surface area contributed by atoms with Gasteiger partial charge >= 0.3 is 0 Å². The van der Waals surface area contributed by atoms with E-state index in [4.69, 9.17) is 5.73 Å². The summed E-state index contributed by atoms with van der Waals surface area (Å²) in [7, 11) is 0. The summed E-state index contributed by atoms with van der Waals surface area (Å²) in [5.41, 5.74) is 6.97. The van der Waals surface area contributed by atoms with Gasteiger partial charge in [-0.2, -0.15) is 0 Å². The van der Waals surface area contributed by atoms with Crippen LogP contribution < -0.4 is 16.0 Å². The van der Waals surface area contributed by atoms with Gasteiger partial charge in [-0.05, 0) is 19.8 Å². The average molecular weight is 291 g/mol. The molecule has 6 heteroatoms. The number of carbonyl (C=O) groups is 1. The highest BCUT2D eigenvalue weighted by atomic mass is 16.1. The van der Waals surface area contributed by atoms with E-state index in [0.29, 0.717) is 5.82 Å². The summed E-state index contributed by atoms with van der Waals surface area (Å²) >= 11 is 0. The van der Waals surface area contributed by atoms with Crippen molar-refractivity contribution in [3.63, 3.8) is 0 Å². The fraction of sp³-hybridized carbons (Fsp3) is 0.667. The molecule has 0 aliphatic carbocycles. The van der Waals surface area contributed by atoms with Crippen LogP contribution in [0, 0.1) is 6.92 Å². The van der Waals surface area contributed by atoms with Crippen molar-refractivity contribution in [1.82, 2.24) is 15.3 Å². The Morgan fingerprint density at radius 2 is 1.95 bits per heavy atom. The van der Waals surface area contributed by atoms with Crippen LogP contribution in [0.25, 0.3) is 0 Å². The van der Waals surface area contributed by atoms with Crippen molar-refractivity contribution in [2.45, 2.75) is 52.5 Å². The van der Waals surface area contributed by atoms with Crippen LogP contribution in [-0.4, -0.2) is 35.0 Å². The molecule has 0 spiro atoms. The smallest absolute Gasteiger partial charge is 0.217 e. The Bertz CT molecular complexity index is 521. The number of hydrogen-bond acceptors (Lipinski definition) is 5. The van der Waals surface area contributed by atoms with Gasteiger partial charge in [0.2, 0.25) is 5.91 Å². The van der Waals surface area contributed by atoms with Crippen molar-refractivity contribution in [2.75, 3.05) is 23.7 Å². The van der Waals surface area contributed by atoms with E-state index in [1.165, 1.54) is 0 Å². The first kappa shape index (κ1) is 15.5. The molecular formula is C15H25N5O. The lowest BCUT2D eigenvalue weighted by molar-refractivity contribution is -0.119. The van der Waals surface area contributed by atoms with E-state index in [2.05, 4.69) is 34.0 Å². The van der Waals surface area contributed by atoms with Crippen LogP contribution in [0.2, 0.25) is 0 Å². The standard InChI is InChI=1S/C15H25N5O/c1-9(2)14-18-13(16)10(3)15(19-14)20-7-5-12(6-8-20)17-11(4)21/h9,12H,5-8H2,1-4H3,(H,17,21)(H2,16,18,19). The molecule has 0 saturated carbocycles. The maximum absolute atomic E-state index is 11.1. The van der Waals surface area contributed by atoms with E-state index in [1.54, 1.807) is 6.92 Å². The first-order chi connectivity index (χ1) is 9.88. The maximum atomic E-state index is 11.1. The van der Waals surface area contributed by atoms with Gasteiger partial charge in [-0.15, -0.1) is 0 Å². The number of piperidine rings is 1. The monoisotopic (exact) mass is 291 g/mol. The number of amides is 1. The van der Waals surface area contributed by atoms with Gasteiger partial charge < -0.3 is 16.0 Å². The largest absolute Gasteiger partial charge is 0.383 e. The minimum Gasteiger partial charge on any atom is -0.383 e. The molecule has 0 aromatic carbocycles. The first-order valence-electron chi connectivity index (χ1n) is 7.54. The van der Waals surface area contributed by atoms with Gasteiger partial charge in [0, 0.05) is 37.5 Å². The molecule has 1 saturated heterocycles. The highest BCUT2D eigenvalue weighted by molar-refractivity contribution is 5.73. The normalized spacial score (nSPS) is 16.3. The van der Waals surface area contributed by atoms with Gasteiger partial charge in [-0.25, -0.2) is 9.97 Å². The molecule has 0 radical (unpaired) electrons. The Kier molecular flexibility index (Phi) is 4.65. The van der Waals surface area contributed by atoms with Crippen molar-refractivity contribution in [1.29, 1.82) is 0 Å². The highest BCUT2D eigenvalue weighted by Crippen LogP contribution is 2.26. The molecule has 0 unspecified atom stereocenters. The molecule has 1 aliphatic heterocycles. The van der Waals surface area contributed by atoms with Crippen molar-refractivity contribution in [3.05, 3.63) is 11.4 Å². The summed E-state index contributed by atoms with van der Waals surface area (Å²) in [6.07, 6.45) is 1.86. The topological polar surface area (TPSA) is 84.1 Å². The lowest BCUT2D eigenvalue weighted by Crippen LogP contribution is -2.44. The van der Waals surface area contributed by atoms with Gasteiger partial charge in [0.05, 0.1) is 0 Å². The molecule has 1 amide bonds. The molecule has 0 bridgehead atoms. The molecule has 21 heavy (non-hydrogen) atoms. The van der Waals surface area contributed by atoms with Crippen molar-refractivity contribution in [3.8, 4) is 0 Å². The number of rotatable bonds is 3. The molecule has 0 atom stereocenters. The van der Waals surface area contributed by atoms with Gasteiger partial charge in [-0.3, -0.25) is 4.79 Å². The lowest BCUT2D eigenvalue weighted by atomic mass is 10.0. The maximum Gasteiger partial charge on any atom is 0.217 e. The Balaban J connectivity index is 2.14. The zero-order chi connectivity index (χ0) is 15.6. The molecule has 1 fully saturated rings. The van der Waals surface area contributed by atoms with Crippen molar-refractivity contribution in [2.24, 2.45) is 0 Å². The van der Waals surface area contributed by atoms with Crippen LogP contribution >= 0.6 is 0 Å². The summed E-state index contributed by atoms with van der Waals surface area (Å²) in [5.74, 6) is 2.58. The second-order valence-electron chi connectivity index (χ2n) is 6.03. The van der Waals surface area contributed by atoms with E-state index in [-0.39, 0.29) is 17.9 Å². The Labute approximate surface area is 126 Å². The van der Waals surface area contributed by atoms with Crippen molar-refractivity contribution < 1.29 is 4.79 Å². The van der Waals surface area contributed by atoms with Crippen LogP contribution in [0.15, 0.2) is 0 Å². The fourth-order valence-corrected chi connectivity index (χ4v) is 2.63. The van der Waals surface area contributed by atoms with Gasteiger partial charge in [0.15, 0.2) is 0 Å². The molecule has 3 N–H and O–H groups in total. The lowest BCUT2D eigenvalue weighted by Gasteiger charge is -2.34.